The summed E-state index contributed by atoms with van der Waals surface area (Å²) in [6.45, 7) is 0.818. The maximum Gasteiger partial charge on any atom is 0.303 e. The van der Waals surface area contributed by atoms with Gasteiger partial charge in [-0.1, -0.05) is 17.7 Å². The highest BCUT2D eigenvalue weighted by atomic mass is 35.5. The number of benzene rings is 1. The molecular formula is C14H18ClNO2. The van der Waals surface area contributed by atoms with Crippen molar-refractivity contribution in [2.45, 2.75) is 31.7 Å². The molecule has 0 aromatic heterocycles. The van der Waals surface area contributed by atoms with Crippen LogP contribution in [0, 0.1) is 0 Å². The van der Waals surface area contributed by atoms with Crippen LogP contribution in [-0.2, 0) is 11.2 Å². The minimum atomic E-state index is -0.720. The van der Waals surface area contributed by atoms with Crippen LogP contribution in [0.25, 0.3) is 0 Å². The first-order chi connectivity index (χ1) is 8.58. The summed E-state index contributed by atoms with van der Waals surface area (Å²) in [5.41, 5.74) is 2.68. The Labute approximate surface area is 112 Å². The average molecular weight is 268 g/mol. The Morgan fingerprint density at radius 2 is 2.33 bits per heavy atom. The third kappa shape index (κ3) is 3.03. The van der Waals surface area contributed by atoms with E-state index in [9.17, 15) is 4.79 Å². The molecule has 0 bridgehead atoms. The largest absolute Gasteiger partial charge is 0.481 e. The summed E-state index contributed by atoms with van der Waals surface area (Å²) in [6.07, 6.45) is 3.10. The van der Waals surface area contributed by atoms with Crippen LogP contribution in [0.5, 0.6) is 0 Å². The zero-order valence-electron chi connectivity index (χ0n) is 10.5. The van der Waals surface area contributed by atoms with Crippen molar-refractivity contribution in [3.05, 3.63) is 34.3 Å². The van der Waals surface area contributed by atoms with Gasteiger partial charge < -0.3 is 5.11 Å². The summed E-state index contributed by atoms with van der Waals surface area (Å²) in [5, 5.41) is 9.44. The predicted molar refractivity (Wildman–Crippen MR) is 72.0 cm³/mol. The molecule has 0 spiro atoms. The molecule has 3 nitrogen and oxygen atoms in total. The molecule has 1 aromatic carbocycles. The maximum absolute atomic E-state index is 10.5. The van der Waals surface area contributed by atoms with Crippen molar-refractivity contribution in [1.82, 2.24) is 4.90 Å². The molecule has 2 rings (SSSR count). The maximum atomic E-state index is 10.5. The average Bonchev–Trinajstić information content (AvgIpc) is 2.71. The number of fused-ring (bicyclic) bond motifs is 1. The number of rotatable bonds is 5. The number of nitrogens with zero attached hydrogens (tertiary/aromatic N) is 1. The molecule has 1 aliphatic carbocycles. The molecule has 0 fully saturated rings. The second-order valence-electron chi connectivity index (χ2n) is 4.88. The Bertz CT molecular complexity index is 447. The predicted octanol–water partition coefficient (Wildman–Crippen LogP) is 3.12. The molecule has 1 atom stereocenters. The minimum Gasteiger partial charge on any atom is -0.481 e. The number of hydrogen-bond acceptors (Lipinski definition) is 2. The smallest absolute Gasteiger partial charge is 0.303 e. The highest BCUT2D eigenvalue weighted by molar-refractivity contribution is 6.30. The third-order valence-corrected chi connectivity index (χ3v) is 3.82. The molecule has 0 saturated carbocycles. The molecule has 1 N–H and O–H groups in total. The summed E-state index contributed by atoms with van der Waals surface area (Å²) >= 11 is 5.99. The van der Waals surface area contributed by atoms with E-state index in [4.69, 9.17) is 16.7 Å². The molecule has 0 amide bonds. The van der Waals surface area contributed by atoms with E-state index in [-0.39, 0.29) is 6.42 Å². The lowest BCUT2D eigenvalue weighted by atomic mass is 10.1. The first-order valence-corrected chi connectivity index (χ1v) is 6.66. The number of aliphatic carboxylic acids is 1. The van der Waals surface area contributed by atoms with Gasteiger partial charge in [0, 0.05) is 17.5 Å². The van der Waals surface area contributed by atoms with Crippen molar-refractivity contribution in [3.8, 4) is 0 Å². The first kappa shape index (κ1) is 13.4. The highest BCUT2D eigenvalue weighted by Crippen LogP contribution is 2.36. The van der Waals surface area contributed by atoms with E-state index in [1.54, 1.807) is 0 Å². The summed E-state index contributed by atoms with van der Waals surface area (Å²) in [6, 6.07) is 6.49. The van der Waals surface area contributed by atoms with E-state index in [0.717, 1.165) is 24.4 Å². The summed E-state index contributed by atoms with van der Waals surface area (Å²) in [4.78, 5) is 12.8. The van der Waals surface area contributed by atoms with Gasteiger partial charge in [0.1, 0.15) is 0 Å². The minimum absolute atomic E-state index is 0.241. The molecule has 4 heteroatoms. The van der Waals surface area contributed by atoms with Crippen LogP contribution in [0.3, 0.4) is 0 Å². The highest BCUT2D eigenvalue weighted by Gasteiger charge is 2.25. The number of carbonyl (C=O) groups is 1. The van der Waals surface area contributed by atoms with Crippen molar-refractivity contribution < 1.29 is 9.90 Å². The van der Waals surface area contributed by atoms with Crippen molar-refractivity contribution >= 4 is 17.6 Å². The fourth-order valence-corrected chi connectivity index (χ4v) is 2.85. The van der Waals surface area contributed by atoms with Crippen molar-refractivity contribution in [2.24, 2.45) is 0 Å². The molecule has 0 saturated heterocycles. The zero-order chi connectivity index (χ0) is 13.1. The van der Waals surface area contributed by atoms with Gasteiger partial charge in [0.15, 0.2) is 0 Å². The van der Waals surface area contributed by atoms with E-state index in [0.29, 0.717) is 12.5 Å². The van der Waals surface area contributed by atoms with Gasteiger partial charge in [-0.15, -0.1) is 0 Å². The van der Waals surface area contributed by atoms with Crippen LogP contribution in [-0.4, -0.2) is 29.6 Å². The molecule has 0 heterocycles. The number of carboxylic acids is 1. The quantitative estimate of drug-likeness (QED) is 0.891. The van der Waals surface area contributed by atoms with E-state index in [2.05, 4.69) is 18.0 Å². The van der Waals surface area contributed by atoms with Gasteiger partial charge >= 0.3 is 5.97 Å². The lowest BCUT2D eigenvalue weighted by molar-refractivity contribution is -0.137. The number of hydrogen-bond donors (Lipinski definition) is 1. The SMILES string of the molecule is CN(CCCC(=O)O)C1CCc2cc(Cl)ccc21. The standard InChI is InChI=1S/C14H18ClNO2/c1-16(8-2-3-14(17)18)13-7-4-10-9-11(15)5-6-12(10)13/h5-6,9,13H,2-4,7-8H2,1H3,(H,17,18). The lowest BCUT2D eigenvalue weighted by Crippen LogP contribution is -2.24. The Kier molecular flexibility index (Phi) is 4.25. The summed E-state index contributed by atoms with van der Waals surface area (Å²) < 4.78 is 0. The van der Waals surface area contributed by atoms with Crippen molar-refractivity contribution in [3.63, 3.8) is 0 Å². The molecular weight excluding hydrogens is 250 g/mol. The summed E-state index contributed by atoms with van der Waals surface area (Å²) in [7, 11) is 2.07. The van der Waals surface area contributed by atoms with Crippen LogP contribution in [0.15, 0.2) is 18.2 Å². The van der Waals surface area contributed by atoms with Crippen LogP contribution < -0.4 is 0 Å². The van der Waals surface area contributed by atoms with E-state index < -0.39 is 5.97 Å². The molecule has 18 heavy (non-hydrogen) atoms. The van der Waals surface area contributed by atoms with Crippen LogP contribution in [0.4, 0.5) is 0 Å². The van der Waals surface area contributed by atoms with E-state index >= 15 is 0 Å². The first-order valence-electron chi connectivity index (χ1n) is 6.28. The molecule has 1 aromatic rings. The fourth-order valence-electron chi connectivity index (χ4n) is 2.66. The molecule has 0 radical (unpaired) electrons. The third-order valence-electron chi connectivity index (χ3n) is 3.58. The van der Waals surface area contributed by atoms with Gasteiger partial charge in [0.25, 0.3) is 0 Å². The second-order valence-corrected chi connectivity index (χ2v) is 5.31. The second kappa shape index (κ2) is 5.72. The van der Waals surface area contributed by atoms with E-state index in [1.165, 1.54) is 11.1 Å². The molecule has 0 aliphatic heterocycles. The van der Waals surface area contributed by atoms with Gasteiger partial charge in [0.05, 0.1) is 0 Å². The Hall–Kier alpha value is -1.06. The van der Waals surface area contributed by atoms with Crippen molar-refractivity contribution in [1.29, 1.82) is 0 Å². The molecule has 98 valence electrons. The van der Waals surface area contributed by atoms with Crippen LogP contribution in [0.2, 0.25) is 5.02 Å². The van der Waals surface area contributed by atoms with Gasteiger partial charge in [0.2, 0.25) is 0 Å². The number of halogens is 1. The van der Waals surface area contributed by atoms with Gasteiger partial charge in [-0.2, -0.15) is 0 Å². The van der Waals surface area contributed by atoms with Gasteiger partial charge in [-0.05, 0) is 56.1 Å². The van der Waals surface area contributed by atoms with Gasteiger partial charge in [-0.25, -0.2) is 0 Å². The molecule has 1 aliphatic rings. The number of carboxylic acid groups (broad SMARTS) is 1. The normalized spacial score (nSPS) is 18.1. The number of aryl methyl sites for hydroxylation is 1. The Balaban J connectivity index is 1.97. The topological polar surface area (TPSA) is 40.5 Å². The monoisotopic (exact) mass is 267 g/mol. The van der Waals surface area contributed by atoms with Crippen molar-refractivity contribution in [2.75, 3.05) is 13.6 Å². The van der Waals surface area contributed by atoms with E-state index in [1.807, 2.05) is 12.1 Å². The van der Waals surface area contributed by atoms with Crippen LogP contribution in [0.1, 0.15) is 36.4 Å². The fraction of sp³-hybridized carbons (Fsp3) is 0.500. The van der Waals surface area contributed by atoms with Crippen LogP contribution >= 0.6 is 11.6 Å². The lowest BCUT2D eigenvalue weighted by Gasteiger charge is -2.25. The Morgan fingerprint density at radius 3 is 3.06 bits per heavy atom. The zero-order valence-corrected chi connectivity index (χ0v) is 11.3. The summed E-state index contributed by atoms with van der Waals surface area (Å²) in [5.74, 6) is -0.720. The molecule has 1 unspecified atom stereocenters. The van der Waals surface area contributed by atoms with Gasteiger partial charge in [-0.3, -0.25) is 9.69 Å². The Morgan fingerprint density at radius 1 is 1.56 bits per heavy atom.